The lowest BCUT2D eigenvalue weighted by atomic mass is 10.1. The molecule has 1 aromatic carbocycles. The van der Waals surface area contributed by atoms with Crippen molar-refractivity contribution in [2.45, 2.75) is 6.10 Å². The Labute approximate surface area is 90.7 Å². The van der Waals surface area contributed by atoms with E-state index < -0.39 is 12.7 Å². The summed E-state index contributed by atoms with van der Waals surface area (Å²) in [5, 5.41) is 18.9. The maximum absolute atomic E-state index is 9.32. The van der Waals surface area contributed by atoms with Crippen LogP contribution in [-0.4, -0.2) is 16.8 Å². The van der Waals surface area contributed by atoms with Crippen molar-refractivity contribution in [2.24, 2.45) is 0 Å². The molecule has 1 unspecified atom stereocenters. The zero-order valence-corrected chi connectivity index (χ0v) is 8.74. The summed E-state index contributed by atoms with van der Waals surface area (Å²) in [6, 6.07) is 2.92. The number of hydrogen-bond acceptors (Lipinski definition) is 2. The molecule has 1 aromatic rings. The number of hydrogen-bond donors (Lipinski definition) is 2. The van der Waals surface area contributed by atoms with E-state index in [0.29, 0.717) is 10.6 Å². The Morgan fingerprint density at radius 2 is 1.62 bits per heavy atom. The van der Waals surface area contributed by atoms with E-state index in [1.54, 1.807) is 0 Å². The highest BCUT2D eigenvalue weighted by atomic mass is 35.5. The van der Waals surface area contributed by atoms with Gasteiger partial charge in [0, 0.05) is 20.6 Å². The summed E-state index contributed by atoms with van der Waals surface area (Å²) in [5.41, 5.74) is 0.301. The Balaban J connectivity index is 3.20. The van der Waals surface area contributed by atoms with Crippen molar-refractivity contribution in [3.8, 4) is 0 Å². The summed E-state index contributed by atoms with van der Waals surface area (Å²) >= 11 is 17.2. The maximum Gasteiger partial charge on any atom is 0.105 e. The third kappa shape index (κ3) is 2.48. The van der Waals surface area contributed by atoms with Gasteiger partial charge in [0.15, 0.2) is 0 Å². The van der Waals surface area contributed by atoms with Crippen LogP contribution in [0.2, 0.25) is 15.1 Å². The Morgan fingerprint density at radius 1 is 1.15 bits per heavy atom. The molecule has 0 saturated heterocycles. The van der Waals surface area contributed by atoms with Gasteiger partial charge in [-0.3, -0.25) is 0 Å². The molecule has 0 spiro atoms. The SMILES string of the molecule is OCC(O)c1c(Cl)cc(Cl)cc1Cl. The van der Waals surface area contributed by atoms with E-state index >= 15 is 0 Å². The molecule has 0 aliphatic heterocycles. The minimum atomic E-state index is -1.07. The maximum atomic E-state index is 9.32. The molecule has 0 amide bonds. The highest BCUT2D eigenvalue weighted by molar-refractivity contribution is 6.39. The van der Waals surface area contributed by atoms with Crippen LogP contribution in [-0.2, 0) is 0 Å². The summed E-state index contributed by atoms with van der Waals surface area (Å²) in [5.74, 6) is 0. The summed E-state index contributed by atoms with van der Waals surface area (Å²) in [4.78, 5) is 0. The topological polar surface area (TPSA) is 40.5 Å². The molecule has 0 saturated carbocycles. The van der Waals surface area contributed by atoms with Crippen LogP contribution in [0.3, 0.4) is 0 Å². The Bertz CT molecular complexity index is 291. The fourth-order valence-corrected chi connectivity index (χ4v) is 2.03. The Morgan fingerprint density at radius 3 is 2.00 bits per heavy atom. The van der Waals surface area contributed by atoms with Crippen molar-refractivity contribution in [1.29, 1.82) is 0 Å². The minimum Gasteiger partial charge on any atom is -0.393 e. The second-order valence-electron chi connectivity index (χ2n) is 2.48. The van der Waals surface area contributed by atoms with Crippen LogP contribution in [0.4, 0.5) is 0 Å². The van der Waals surface area contributed by atoms with Gasteiger partial charge in [-0.2, -0.15) is 0 Å². The van der Waals surface area contributed by atoms with Crippen LogP contribution >= 0.6 is 34.8 Å². The molecule has 0 aliphatic carbocycles. The first-order valence-electron chi connectivity index (χ1n) is 3.49. The van der Waals surface area contributed by atoms with E-state index in [2.05, 4.69) is 0 Å². The van der Waals surface area contributed by atoms with E-state index in [0.717, 1.165) is 0 Å². The average molecular weight is 242 g/mol. The van der Waals surface area contributed by atoms with Crippen LogP contribution in [0.25, 0.3) is 0 Å². The van der Waals surface area contributed by atoms with Crippen molar-refractivity contribution in [3.63, 3.8) is 0 Å². The molecular formula is C8H7Cl3O2. The summed E-state index contributed by atoms with van der Waals surface area (Å²) in [6.45, 7) is -0.429. The van der Waals surface area contributed by atoms with E-state index in [4.69, 9.17) is 39.9 Å². The van der Waals surface area contributed by atoms with E-state index in [9.17, 15) is 5.11 Å². The molecule has 0 heterocycles. The minimum absolute atomic E-state index is 0.249. The van der Waals surface area contributed by atoms with Gasteiger partial charge in [0.1, 0.15) is 6.10 Å². The number of halogens is 3. The van der Waals surface area contributed by atoms with Gasteiger partial charge < -0.3 is 10.2 Å². The lowest BCUT2D eigenvalue weighted by Gasteiger charge is -2.11. The van der Waals surface area contributed by atoms with Gasteiger partial charge in [-0.05, 0) is 12.1 Å². The number of aliphatic hydroxyl groups is 2. The van der Waals surface area contributed by atoms with Crippen molar-refractivity contribution >= 4 is 34.8 Å². The highest BCUT2D eigenvalue weighted by Gasteiger charge is 2.15. The molecule has 72 valence electrons. The normalized spacial score (nSPS) is 13.0. The largest absolute Gasteiger partial charge is 0.393 e. The van der Waals surface area contributed by atoms with Gasteiger partial charge in [-0.15, -0.1) is 0 Å². The summed E-state index contributed by atoms with van der Waals surface area (Å²) in [7, 11) is 0. The molecule has 0 fully saturated rings. The van der Waals surface area contributed by atoms with Crippen molar-refractivity contribution in [2.75, 3.05) is 6.61 Å². The molecule has 0 aliphatic rings. The molecule has 5 heteroatoms. The number of aliphatic hydroxyl groups excluding tert-OH is 2. The Hall–Kier alpha value is 0.01000. The molecule has 1 atom stereocenters. The van der Waals surface area contributed by atoms with E-state index in [1.807, 2.05) is 0 Å². The predicted molar refractivity (Wildman–Crippen MR) is 53.5 cm³/mol. The standard InChI is InChI=1S/C8H7Cl3O2/c9-4-1-5(10)8(6(11)2-4)7(13)3-12/h1-2,7,12-13H,3H2. The molecule has 2 N–H and O–H groups in total. The van der Waals surface area contributed by atoms with Crippen LogP contribution in [0.5, 0.6) is 0 Å². The molecule has 0 bridgehead atoms. The first-order valence-corrected chi connectivity index (χ1v) is 4.63. The van der Waals surface area contributed by atoms with Crippen molar-refractivity contribution < 1.29 is 10.2 Å². The number of benzene rings is 1. The molecule has 0 aromatic heterocycles. The van der Waals surface area contributed by atoms with Crippen LogP contribution in [0.15, 0.2) is 12.1 Å². The lowest BCUT2D eigenvalue weighted by Crippen LogP contribution is -2.04. The quantitative estimate of drug-likeness (QED) is 0.836. The molecule has 1 rings (SSSR count). The molecular weight excluding hydrogens is 234 g/mol. The number of rotatable bonds is 2. The van der Waals surface area contributed by atoms with E-state index in [-0.39, 0.29) is 10.0 Å². The monoisotopic (exact) mass is 240 g/mol. The third-order valence-corrected chi connectivity index (χ3v) is 2.39. The van der Waals surface area contributed by atoms with Crippen LogP contribution in [0.1, 0.15) is 11.7 Å². The average Bonchev–Trinajstić information content (AvgIpc) is 2.02. The first-order chi connectivity index (χ1) is 6.06. The van der Waals surface area contributed by atoms with Gasteiger partial charge in [0.25, 0.3) is 0 Å². The third-order valence-electron chi connectivity index (χ3n) is 1.55. The van der Waals surface area contributed by atoms with Gasteiger partial charge in [0.2, 0.25) is 0 Å². The fraction of sp³-hybridized carbons (Fsp3) is 0.250. The molecule has 2 nitrogen and oxygen atoms in total. The van der Waals surface area contributed by atoms with Gasteiger partial charge in [-0.1, -0.05) is 34.8 Å². The van der Waals surface area contributed by atoms with Crippen molar-refractivity contribution in [1.82, 2.24) is 0 Å². The van der Waals surface area contributed by atoms with Crippen LogP contribution < -0.4 is 0 Å². The summed E-state index contributed by atoms with van der Waals surface area (Å²) in [6.07, 6.45) is -1.07. The first kappa shape index (κ1) is 11.1. The van der Waals surface area contributed by atoms with Gasteiger partial charge in [0.05, 0.1) is 6.61 Å². The fourth-order valence-electron chi connectivity index (χ4n) is 0.963. The molecule has 13 heavy (non-hydrogen) atoms. The zero-order valence-electron chi connectivity index (χ0n) is 6.47. The predicted octanol–water partition coefficient (Wildman–Crippen LogP) is 2.67. The second-order valence-corrected chi connectivity index (χ2v) is 3.73. The Kier molecular flexibility index (Phi) is 3.83. The highest BCUT2D eigenvalue weighted by Crippen LogP contribution is 2.33. The zero-order chi connectivity index (χ0) is 10.0. The lowest BCUT2D eigenvalue weighted by molar-refractivity contribution is 0.0957. The van der Waals surface area contributed by atoms with Crippen LogP contribution in [0, 0.1) is 0 Å². The molecule has 0 radical (unpaired) electrons. The summed E-state index contributed by atoms with van der Waals surface area (Å²) < 4.78 is 0. The smallest absolute Gasteiger partial charge is 0.105 e. The van der Waals surface area contributed by atoms with Crippen molar-refractivity contribution in [3.05, 3.63) is 32.8 Å². The van der Waals surface area contributed by atoms with Gasteiger partial charge >= 0.3 is 0 Å². The van der Waals surface area contributed by atoms with Gasteiger partial charge in [-0.25, -0.2) is 0 Å². The van der Waals surface area contributed by atoms with E-state index in [1.165, 1.54) is 12.1 Å². The second kappa shape index (κ2) is 4.49.